The lowest BCUT2D eigenvalue weighted by Gasteiger charge is -2.55. The number of carbonyl (C=O) groups is 1. The summed E-state index contributed by atoms with van der Waals surface area (Å²) < 4.78 is 12.0. The van der Waals surface area contributed by atoms with Gasteiger partial charge in [-0.05, 0) is 86.2 Å². The van der Waals surface area contributed by atoms with Crippen molar-refractivity contribution < 1.29 is 14.3 Å². The Morgan fingerprint density at radius 2 is 2.04 bits per heavy atom. The second kappa shape index (κ2) is 5.11. The van der Waals surface area contributed by atoms with E-state index in [-0.39, 0.29) is 17.3 Å². The van der Waals surface area contributed by atoms with E-state index in [0.717, 1.165) is 48.9 Å². The highest BCUT2D eigenvalue weighted by Crippen LogP contribution is 2.73. The quantitative estimate of drug-likeness (QED) is 0.659. The van der Waals surface area contributed by atoms with E-state index in [1.54, 1.807) is 12.7 Å². The standard InChI is InChI=1S/C23H30O3/c1-22-8-5-15-14-4-3-13(24)11-16(14)17-12-18(17)21(15)19(22)6-9-23(22)10-7-20(25-2)26-23/h7,10-11,14-15,17-21H,3-6,8-9,12H2,1-2H3/t14-,15?,17-,18-,19?,20?,21?,22+,23-/m1/s1. The number of methoxy groups -OCH3 is 1. The van der Waals surface area contributed by atoms with E-state index in [2.05, 4.69) is 25.2 Å². The van der Waals surface area contributed by atoms with Gasteiger partial charge in [0.25, 0.3) is 0 Å². The van der Waals surface area contributed by atoms with Gasteiger partial charge in [-0.2, -0.15) is 0 Å². The van der Waals surface area contributed by atoms with E-state index >= 15 is 0 Å². The van der Waals surface area contributed by atoms with Crippen molar-refractivity contribution in [1.29, 1.82) is 0 Å². The molecular weight excluding hydrogens is 324 g/mol. The van der Waals surface area contributed by atoms with Crippen LogP contribution < -0.4 is 0 Å². The summed E-state index contributed by atoms with van der Waals surface area (Å²) in [5, 5.41) is 0. The summed E-state index contributed by atoms with van der Waals surface area (Å²) in [6, 6.07) is 0. The number of fused-ring (bicyclic) bond motifs is 9. The van der Waals surface area contributed by atoms with Gasteiger partial charge in [-0.15, -0.1) is 0 Å². The Labute approximate surface area is 156 Å². The lowest BCUT2D eigenvalue weighted by molar-refractivity contribution is -0.191. The summed E-state index contributed by atoms with van der Waals surface area (Å²) in [7, 11) is 1.74. The fraction of sp³-hybridized carbons (Fsp3) is 0.783. The summed E-state index contributed by atoms with van der Waals surface area (Å²) >= 11 is 0. The molecule has 0 saturated heterocycles. The Balaban J connectivity index is 1.35. The molecule has 0 N–H and O–H groups in total. The van der Waals surface area contributed by atoms with Crippen LogP contribution in [0.3, 0.4) is 0 Å². The largest absolute Gasteiger partial charge is 0.352 e. The minimum absolute atomic E-state index is 0.105. The number of ether oxygens (including phenoxy) is 2. The minimum Gasteiger partial charge on any atom is -0.352 e. The molecule has 4 fully saturated rings. The Kier molecular flexibility index (Phi) is 3.16. The van der Waals surface area contributed by atoms with Crippen molar-refractivity contribution >= 4 is 5.78 Å². The fourth-order valence-corrected chi connectivity index (χ4v) is 8.15. The second-order valence-corrected chi connectivity index (χ2v) is 10.1. The first-order valence-electron chi connectivity index (χ1n) is 10.7. The highest BCUT2D eigenvalue weighted by molar-refractivity contribution is 5.91. The molecular formula is C23H30O3. The number of rotatable bonds is 1. The number of hydrogen-bond donors (Lipinski definition) is 0. The zero-order valence-corrected chi connectivity index (χ0v) is 15.9. The van der Waals surface area contributed by atoms with Crippen LogP contribution in [-0.4, -0.2) is 24.8 Å². The van der Waals surface area contributed by atoms with Gasteiger partial charge in [0.05, 0.1) is 5.60 Å². The molecule has 1 heterocycles. The van der Waals surface area contributed by atoms with Crippen molar-refractivity contribution in [3.63, 3.8) is 0 Å². The Bertz CT molecular complexity index is 723. The van der Waals surface area contributed by atoms with Crippen molar-refractivity contribution in [3.8, 4) is 0 Å². The third-order valence-corrected chi connectivity index (χ3v) is 9.39. The predicted molar refractivity (Wildman–Crippen MR) is 98.2 cm³/mol. The van der Waals surface area contributed by atoms with Crippen molar-refractivity contribution in [3.05, 3.63) is 23.8 Å². The summed E-state index contributed by atoms with van der Waals surface area (Å²) in [6.07, 6.45) is 14.6. The normalized spacial score (nSPS) is 56.6. The van der Waals surface area contributed by atoms with Crippen molar-refractivity contribution in [2.45, 2.75) is 63.8 Å². The second-order valence-electron chi connectivity index (χ2n) is 10.1. The maximum atomic E-state index is 12.0. The monoisotopic (exact) mass is 354 g/mol. The first kappa shape index (κ1) is 16.1. The van der Waals surface area contributed by atoms with E-state index in [4.69, 9.17) is 9.47 Å². The summed E-state index contributed by atoms with van der Waals surface area (Å²) in [4.78, 5) is 12.0. The molecule has 0 aromatic heterocycles. The van der Waals surface area contributed by atoms with Crippen LogP contribution in [0.1, 0.15) is 51.9 Å². The molecule has 4 saturated carbocycles. The Hall–Kier alpha value is -0.930. The lowest BCUT2D eigenvalue weighted by Crippen LogP contribution is -2.53. The fourth-order valence-electron chi connectivity index (χ4n) is 8.15. The van der Waals surface area contributed by atoms with Gasteiger partial charge < -0.3 is 9.47 Å². The molecule has 1 spiro atoms. The molecule has 9 atom stereocenters. The van der Waals surface area contributed by atoms with E-state index < -0.39 is 0 Å². The number of hydrogen-bond acceptors (Lipinski definition) is 3. The molecule has 0 aromatic rings. The minimum atomic E-state index is -0.165. The van der Waals surface area contributed by atoms with Gasteiger partial charge in [0.2, 0.25) is 0 Å². The third-order valence-electron chi connectivity index (χ3n) is 9.39. The summed E-state index contributed by atoms with van der Waals surface area (Å²) in [5.41, 5.74) is 1.70. The molecule has 3 heteroatoms. The maximum absolute atomic E-state index is 12.0. The molecule has 5 aliphatic carbocycles. The van der Waals surface area contributed by atoms with Crippen LogP contribution >= 0.6 is 0 Å². The first-order valence-corrected chi connectivity index (χ1v) is 10.7. The third kappa shape index (κ3) is 1.84. The molecule has 0 radical (unpaired) electrons. The van der Waals surface area contributed by atoms with Crippen LogP contribution in [0, 0.1) is 40.9 Å². The van der Waals surface area contributed by atoms with Crippen LogP contribution in [0.2, 0.25) is 0 Å². The van der Waals surface area contributed by atoms with E-state index in [9.17, 15) is 4.79 Å². The molecule has 1 aliphatic heterocycles. The molecule has 0 bridgehead atoms. The predicted octanol–water partition coefficient (Wildman–Crippen LogP) is 4.28. The van der Waals surface area contributed by atoms with Gasteiger partial charge in [0, 0.05) is 18.9 Å². The van der Waals surface area contributed by atoms with Crippen molar-refractivity contribution in [2.75, 3.05) is 7.11 Å². The van der Waals surface area contributed by atoms with Crippen LogP contribution in [0.4, 0.5) is 0 Å². The molecule has 0 aromatic carbocycles. The van der Waals surface area contributed by atoms with Crippen molar-refractivity contribution in [2.24, 2.45) is 40.9 Å². The summed E-state index contributed by atoms with van der Waals surface area (Å²) in [5.74, 6) is 5.11. The Morgan fingerprint density at radius 3 is 2.85 bits per heavy atom. The van der Waals surface area contributed by atoms with Crippen LogP contribution in [-0.2, 0) is 14.3 Å². The lowest BCUT2D eigenvalue weighted by atomic mass is 9.50. The molecule has 6 rings (SSSR count). The highest BCUT2D eigenvalue weighted by atomic mass is 16.7. The van der Waals surface area contributed by atoms with Gasteiger partial charge in [-0.3, -0.25) is 4.79 Å². The van der Waals surface area contributed by atoms with Gasteiger partial charge in [-0.1, -0.05) is 18.6 Å². The van der Waals surface area contributed by atoms with Crippen LogP contribution in [0.25, 0.3) is 0 Å². The number of carbonyl (C=O) groups excluding carboxylic acids is 1. The van der Waals surface area contributed by atoms with Gasteiger partial charge in [0.15, 0.2) is 12.1 Å². The topological polar surface area (TPSA) is 35.5 Å². The van der Waals surface area contributed by atoms with Gasteiger partial charge >= 0.3 is 0 Å². The highest BCUT2D eigenvalue weighted by Gasteiger charge is 2.68. The number of allylic oxidation sites excluding steroid dienone is 1. The summed E-state index contributed by atoms with van der Waals surface area (Å²) in [6.45, 7) is 2.51. The number of ketones is 1. The van der Waals surface area contributed by atoms with Crippen LogP contribution in [0.15, 0.2) is 23.8 Å². The zero-order valence-electron chi connectivity index (χ0n) is 15.9. The van der Waals surface area contributed by atoms with Gasteiger partial charge in [0.1, 0.15) is 0 Å². The average Bonchev–Trinajstić information content (AvgIpc) is 3.25. The first-order chi connectivity index (χ1) is 12.6. The van der Waals surface area contributed by atoms with E-state index in [0.29, 0.717) is 11.7 Å². The molecule has 4 unspecified atom stereocenters. The maximum Gasteiger partial charge on any atom is 0.177 e. The molecule has 140 valence electrons. The van der Waals surface area contributed by atoms with E-state index in [1.807, 2.05) is 0 Å². The molecule has 26 heavy (non-hydrogen) atoms. The average molecular weight is 354 g/mol. The smallest absolute Gasteiger partial charge is 0.177 e. The SMILES string of the molecule is COC1C=C[C@@]2(CCC3C4C(CC[C@@]32C)[C@H]2CCC(=O)C=C2[C@H]2C[C@@H]42)O1. The molecule has 0 amide bonds. The Morgan fingerprint density at radius 1 is 1.15 bits per heavy atom. The van der Waals surface area contributed by atoms with Crippen LogP contribution in [0.5, 0.6) is 0 Å². The zero-order chi connectivity index (χ0) is 17.7. The van der Waals surface area contributed by atoms with Gasteiger partial charge in [-0.25, -0.2) is 0 Å². The van der Waals surface area contributed by atoms with E-state index in [1.165, 1.54) is 25.7 Å². The van der Waals surface area contributed by atoms with Crippen molar-refractivity contribution in [1.82, 2.24) is 0 Å². The molecule has 3 nitrogen and oxygen atoms in total. The molecule has 6 aliphatic rings.